The molecule has 1 N–H and O–H groups in total. The van der Waals surface area contributed by atoms with E-state index in [1.807, 2.05) is 65.5 Å². The number of fused-ring (bicyclic) bond motifs is 1. The van der Waals surface area contributed by atoms with Gasteiger partial charge in [0.05, 0.1) is 18.0 Å². The summed E-state index contributed by atoms with van der Waals surface area (Å²) in [5.74, 6) is 0.848. The Morgan fingerprint density at radius 2 is 2.07 bits per heavy atom. The van der Waals surface area contributed by atoms with Crippen molar-refractivity contribution in [1.29, 1.82) is 0 Å². The largest absolute Gasteiger partial charge is 0.493 e. The number of aromatic nitrogens is 2. The fourth-order valence-corrected chi connectivity index (χ4v) is 3.07. The lowest BCUT2D eigenvalue weighted by Gasteiger charge is -2.02. The van der Waals surface area contributed by atoms with E-state index in [2.05, 4.69) is 16.5 Å². The van der Waals surface area contributed by atoms with Crippen LogP contribution in [0.4, 0.5) is 0 Å². The average Bonchev–Trinajstić information content (AvgIpc) is 3.36. The highest BCUT2D eigenvalue weighted by atomic mass is 16.5. The van der Waals surface area contributed by atoms with Gasteiger partial charge in [-0.15, -0.1) is 0 Å². The highest BCUT2D eigenvalue weighted by Gasteiger charge is 2.11. The minimum absolute atomic E-state index is 0.103. The van der Waals surface area contributed by atoms with Crippen molar-refractivity contribution < 1.29 is 9.53 Å². The van der Waals surface area contributed by atoms with Gasteiger partial charge in [0, 0.05) is 31.7 Å². The van der Waals surface area contributed by atoms with Crippen LogP contribution in [0.3, 0.4) is 0 Å². The Bertz CT molecular complexity index is 961. The molecule has 0 atom stereocenters. The van der Waals surface area contributed by atoms with Gasteiger partial charge < -0.3 is 10.1 Å². The number of carbonyl (C=O) groups is 1. The molecule has 0 aliphatic carbocycles. The molecule has 2 heterocycles. The SMILES string of the molecule is O=C(/C=C/c1ccc2c(c1)CCO2)NCCc1ccn(-c2ccccc2)n1. The van der Waals surface area contributed by atoms with Crippen LogP contribution in [-0.4, -0.2) is 28.8 Å². The van der Waals surface area contributed by atoms with Crippen LogP contribution in [0, 0.1) is 0 Å². The molecule has 1 aromatic heterocycles. The number of carbonyl (C=O) groups excluding carboxylic acids is 1. The van der Waals surface area contributed by atoms with Crippen molar-refractivity contribution in [3.8, 4) is 11.4 Å². The number of hydrogen-bond acceptors (Lipinski definition) is 3. The Balaban J connectivity index is 1.27. The van der Waals surface area contributed by atoms with Crippen molar-refractivity contribution in [2.75, 3.05) is 13.2 Å². The van der Waals surface area contributed by atoms with E-state index in [1.165, 1.54) is 5.56 Å². The lowest BCUT2D eigenvalue weighted by Crippen LogP contribution is -2.23. The number of benzene rings is 2. The molecule has 0 radical (unpaired) electrons. The summed E-state index contributed by atoms with van der Waals surface area (Å²) in [5, 5.41) is 7.44. The van der Waals surface area contributed by atoms with E-state index in [0.29, 0.717) is 13.0 Å². The minimum Gasteiger partial charge on any atom is -0.493 e. The van der Waals surface area contributed by atoms with Gasteiger partial charge in [-0.3, -0.25) is 4.79 Å². The molecule has 2 aromatic carbocycles. The van der Waals surface area contributed by atoms with E-state index < -0.39 is 0 Å². The van der Waals surface area contributed by atoms with E-state index in [9.17, 15) is 4.79 Å². The molecule has 0 unspecified atom stereocenters. The van der Waals surface area contributed by atoms with Crippen molar-refractivity contribution in [3.05, 3.63) is 83.7 Å². The molecule has 0 saturated heterocycles. The maximum absolute atomic E-state index is 12.0. The van der Waals surface area contributed by atoms with Gasteiger partial charge in [-0.25, -0.2) is 4.68 Å². The van der Waals surface area contributed by atoms with Gasteiger partial charge in [-0.05, 0) is 47.5 Å². The Morgan fingerprint density at radius 3 is 2.96 bits per heavy atom. The standard InChI is InChI=1S/C22H21N3O2/c26-22(9-7-17-6-8-21-18(16-17)12-15-27-21)23-13-10-19-11-14-25(24-19)20-4-2-1-3-5-20/h1-9,11,14,16H,10,12-13,15H2,(H,23,26)/b9-7+. The summed E-state index contributed by atoms with van der Waals surface area (Å²) < 4.78 is 7.33. The Labute approximate surface area is 158 Å². The van der Waals surface area contributed by atoms with Crippen molar-refractivity contribution in [1.82, 2.24) is 15.1 Å². The first-order valence-electron chi connectivity index (χ1n) is 9.09. The van der Waals surface area contributed by atoms with Crippen LogP contribution in [0.1, 0.15) is 16.8 Å². The predicted molar refractivity (Wildman–Crippen MR) is 105 cm³/mol. The Morgan fingerprint density at radius 1 is 1.19 bits per heavy atom. The van der Waals surface area contributed by atoms with Crippen LogP contribution in [0.5, 0.6) is 5.75 Å². The average molecular weight is 359 g/mol. The smallest absolute Gasteiger partial charge is 0.244 e. The van der Waals surface area contributed by atoms with E-state index in [1.54, 1.807) is 6.08 Å². The van der Waals surface area contributed by atoms with Gasteiger partial charge in [0.25, 0.3) is 0 Å². The maximum atomic E-state index is 12.0. The van der Waals surface area contributed by atoms with Crippen molar-refractivity contribution >= 4 is 12.0 Å². The zero-order chi connectivity index (χ0) is 18.5. The molecule has 0 fully saturated rings. The molecule has 0 spiro atoms. The molecular weight excluding hydrogens is 338 g/mol. The zero-order valence-electron chi connectivity index (χ0n) is 15.0. The number of amides is 1. The van der Waals surface area contributed by atoms with Gasteiger partial charge in [-0.1, -0.05) is 24.3 Å². The van der Waals surface area contributed by atoms with Gasteiger partial charge in [0.2, 0.25) is 5.91 Å². The predicted octanol–water partition coefficient (Wildman–Crippen LogP) is 3.18. The van der Waals surface area contributed by atoms with Crippen LogP contribution in [0.2, 0.25) is 0 Å². The highest BCUT2D eigenvalue weighted by Crippen LogP contribution is 2.26. The normalized spacial score (nSPS) is 12.7. The lowest BCUT2D eigenvalue weighted by atomic mass is 10.1. The summed E-state index contributed by atoms with van der Waals surface area (Å²) >= 11 is 0. The van der Waals surface area contributed by atoms with Gasteiger partial charge in [-0.2, -0.15) is 5.10 Å². The summed E-state index contributed by atoms with van der Waals surface area (Å²) in [6.45, 7) is 1.29. The summed E-state index contributed by atoms with van der Waals surface area (Å²) in [5.41, 5.74) is 4.18. The lowest BCUT2D eigenvalue weighted by molar-refractivity contribution is -0.116. The fraction of sp³-hybridized carbons (Fsp3) is 0.182. The molecule has 5 nitrogen and oxygen atoms in total. The van der Waals surface area contributed by atoms with Gasteiger partial charge in [0.15, 0.2) is 0 Å². The highest BCUT2D eigenvalue weighted by molar-refractivity contribution is 5.91. The number of ether oxygens (including phenoxy) is 1. The van der Waals surface area contributed by atoms with Crippen LogP contribution in [0.15, 0.2) is 66.9 Å². The Kier molecular flexibility index (Phi) is 5.01. The first kappa shape index (κ1) is 17.1. The van der Waals surface area contributed by atoms with Crippen LogP contribution < -0.4 is 10.1 Å². The molecule has 1 aliphatic heterocycles. The van der Waals surface area contributed by atoms with Gasteiger partial charge in [0.1, 0.15) is 5.75 Å². The van der Waals surface area contributed by atoms with Crippen LogP contribution in [0.25, 0.3) is 11.8 Å². The molecule has 1 aliphatic rings. The summed E-state index contributed by atoms with van der Waals surface area (Å²) in [6, 6.07) is 17.9. The first-order valence-corrected chi connectivity index (χ1v) is 9.09. The topological polar surface area (TPSA) is 56.1 Å². The molecule has 0 saturated carbocycles. The van der Waals surface area contributed by atoms with E-state index >= 15 is 0 Å². The molecule has 27 heavy (non-hydrogen) atoms. The van der Waals surface area contributed by atoms with Gasteiger partial charge >= 0.3 is 0 Å². The molecule has 0 bridgehead atoms. The quantitative estimate of drug-likeness (QED) is 0.688. The van der Waals surface area contributed by atoms with Crippen molar-refractivity contribution in [3.63, 3.8) is 0 Å². The van der Waals surface area contributed by atoms with Crippen molar-refractivity contribution in [2.24, 2.45) is 0 Å². The maximum Gasteiger partial charge on any atom is 0.244 e. The monoisotopic (exact) mass is 359 g/mol. The zero-order valence-corrected chi connectivity index (χ0v) is 15.0. The van der Waals surface area contributed by atoms with Crippen LogP contribution >= 0.6 is 0 Å². The van der Waals surface area contributed by atoms with Crippen LogP contribution in [-0.2, 0) is 17.6 Å². The molecule has 3 aromatic rings. The first-order chi connectivity index (χ1) is 13.3. The second kappa shape index (κ2) is 7.91. The van der Waals surface area contributed by atoms with Crippen molar-refractivity contribution in [2.45, 2.75) is 12.8 Å². The minimum atomic E-state index is -0.103. The fourth-order valence-electron chi connectivity index (χ4n) is 3.07. The Hall–Kier alpha value is -3.34. The van der Waals surface area contributed by atoms with E-state index in [4.69, 9.17) is 4.74 Å². The number of hydrogen-bond donors (Lipinski definition) is 1. The third kappa shape index (κ3) is 4.26. The third-order valence-electron chi connectivity index (χ3n) is 4.49. The molecule has 5 heteroatoms. The summed E-state index contributed by atoms with van der Waals surface area (Å²) in [7, 11) is 0. The van der Waals surface area contributed by atoms with E-state index in [-0.39, 0.29) is 5.91 Å². The summed E-state index contributed by atoms with van der Waals surface area (Å²) in [6.07, 6.45) is 6.95. The molecule has 1 amide bonds. The number of rotatable bonds is 6. The number of nitrogens with one attached hydrogen (secondary N) is 1. The third-order valence-corrected chi connectivity index (χ3v) is 4.49. The van der Waals surface area contributed by atoms with E-state index in [0.717, 1.165) is 35.7 Å². The molecule has 136 valence electrons. The summed E-state index contributed by atoms with van der Waals surface area (Å²) in [4.78, 5) is 12.0. The molecule has 4 rings (SSSR count). The second-order valence-electron chi connectivity index (χ2n) is 6.43. The second-order valence-corrected chi connectivity index (χ2v) is 6.43. The molecular formula is C22H21N3O2. The number of nitrogens with zero attached hydrogens (tertiary/aromatic N) is 2. The number of para-hydroxylation sites is 1.